The van der Waals surface area contributed by atoms with Gasteiger partial charge in [0.2, 0.25) is 5.91 Å². The molecule has 0 aliphatic carbocycles. The van der Waals surface area contributed by atoms with Crippen molar-refractivity contribution < 1.29 is 4.79 Å². The number of carbonyl (C=O) groups excluding carboxylic acids is 1. The topological polar surface area (TPSA) is 46.9 Å². The number of hydrogen-bond donors (Lipinski definition) is 1. The maximum atomic E-state index is 11.9. The Morgan fingerprint density at radius 2 is 2.14 bits per heavy atom. The molecule has 112 valence electrons. The number of pyridine rings is 1. The Balaban J connectivity index is 1.68. The molecule has 1 N–H and O–H groups in total. The predicted octanol–water partition coefficient (Wildman–Crippen LogP) is 2.49. The molecule has 2 aromatic rings. The highest BCUT2D eigenvalue weighted by Crippen LogP contribution is 2.06. The Bertz CT molecular complexity index is 562. The molecular weight excluding hydrogens is 262 g/mol. The number of aromatic nitrogens is 2. The lowest BCUT2D eigenvalue weighted by Gasteiger charge is -2.14. The molecule has 0 aromatic carbocycles. The molecule has 0 saturated heterocycles. The minimum Gasteiger partial charge on any atom is -0.354 e. The van der Waals surface area contributed by atoms with Gasteiger partial charge in [-0.15, -0.1) is 0 Å². The van der Waals surface area contributed by atoms with Gasteiger partial charge in [0.05, 0.1) is 0 Å². The molecule has 4 nitrogen and oxygen atoms in total. The van der Waals surface area contributed by atoms with Crippen molar-refractivity contribution in [1.82, 2.24) is 14.9 Å². The standard InChI is InChI=1S/C17H23N3O/c1-14(8-10-16-7-5-13-20(16)2)19-17(21)11-9-15-6-3-4-12-18-15/h3-7,12-14H,8-11H2,1-2H3,(H,19,21). The van der Waals surface area contributed by atoms with E-state index in [9.17, 15) is 4.79 Å². The molecule has 0 saturated carbocycles. The molecule has 0 aliphatic rings. The lowest BCUT2D eigenvalue weighted by Crippen LogP contribution is -2.33. The summed E-state index contributed by atoms with van der Waals surface area (Å²) in [6.07, 6.45) is 6.92. The molecule has 0 fully saturated rings. The van der Waals surface area contributed by atoms with Crippen molar-refractivity contribution in [3.05, 3.63) is 54.1 Å². The second kappa shape index (κ2) is 7.62. The van der Waals surface area contributed by atoms with Gasteiger partial charge in [0.1, 0.15) is 0 Å². The Labute approximate surface area is 126 Å². The number of carbonyl (C=O) groups is 1. The van der Waals surface area contributed by atoms with Gasteiger partial charge in [-0.2, -0.15) is 0 Å². The van der Waals surface area contributed by atoms with Crippen LogP contribution in [-0.2, 0) is 24.7 Å². The Kier molecular flexibility index (Phi) is 5.55. The third-order valence-corrected chi connectivity index (χ3v) is 3.63. The van der Waals surface area contributed by atoms with Gasteiger partial charge in [0, 0.05) is 43.3 Å². The molecule has 1 unspecified atom stereocenters. The first-order valence-corrected chi connectivity index (χ1v) is 7.44. The highest BCUT2D eigenvalue weighted by Gasteiger charge is 2.09. The van der Waals surface area contributed by atoms with Gasteiger partial charge >= 0.3 is 0 Å². The van der Waals surface area contributed by atoms with Gasteiger partial charge in [-0.1, -0.05) is 6.07 Å². The summed E-state index contributed by atoms with van der Waals surface area (Å²) < 4.78 is 2.12. The number of aryl methyl sites for hydroxylation is 3. The van der Waals surface area contributed by atoms with Crippen LogP contribution >= 0.6 is 0 Å². The third-order valence-electron chi connectivity index (χ3n) is 3.63. The minimum absolute atomic E-state index is 0.0973. The van der Waals surface area contributed by atoms with Gasteiger partial charge in [-0.05, 0) is 50.5 Å². The van der Waals surface area contributed by atoms with Crippen LogP contribution in [0.25, 0.3) is 0 Å². The SMILES string of the molecule is CC(CCc1cccn1C)NC(=O)CCc1ccccn1. The monoisotopic (exact) mass is 285 g/mol. The minimum atomic E-state index is 0.0973. The fraction of sp³-hybridized carbons (Fsp3) is 0.412. The molecule has 0 bridgehead atoms. The van der Waals surface area contributed by atoms with E-state index in [-0.39, 0.29) is 11.9 Å². The van der Waals surface area contributed by atoms with Crippen molar-refractivity contribution in [2.75, 3.05) is 0 Å². The van der Waals surface area contributed by atoms with Gasteiger partial charge in [0.15, 0.2) is 0 Å². The van der Waals surface area contributed by atoms with E-state index in [0.29, 0.717) is 12.8 Å². The van der Waals surface area contributed by atoms with Gasteiger partial charge in [-0.25, -0.2) is 0 Å². The predicted molar refractivity (Wildman–Crippen MR) is 83.9 cm³/mol. The number of rotatable bonds is 7. The van der Waals surface area contributed by atoms with E-state index in [4.69, 9.17) is 0 Å². The lowest BCUT2D eigenvalue weighted by atomic mass is 10.1. The van der Waals surface area contributed by atoms with Crippen LogP contribution < -0.4 is 5.32 Å². The quantitative estimate of drug-likeness (QED) is 0.849. The summed E-state index contributed by atoms with van der Waals surface area (Å²) in [5, 5.41) is 3.06. The molecule has 0 radical (unpaired) electrons. The van der Waals surface area contributed by atoms with Crippen LogP contribution in [0.15, 0.2) is 42.7 Å². The normalized spacial score (nSPS) is 12.1. The Morgan fingerprint density at radius 3 is 2.81 bits per heavy atom. The van der Waals surface area contributed by atoms with Crippen molar-refractivity contribution in [2.45, 2.75) is 38.6 Å². The van der Waals surface area contributed by atoms with E-state index >= 15 is 0 Å². The molecule has 2 aromatic heterocycles. The largest absolute Gasteiger partial charge is 0.354 e. The second-order valence-electron chi connectivity index (χ2n) is 5.44. The molecular formula is C17H23N3O. The zero-order valence-corrected chi connectivity index (χ0v) is 12.7. The lowest BCUT2D eigenvalue weighted by molar-refractivity contribution is -0.121. The molecule has 1 amide bonds. The van der Waals surface area contributed by atoms with Gasteiger partial charge in [0.25, 0.3) is 0 Å². The fourth-order valence-electron chi connectivity index (χ4n) is 2.33. The van der Waals surface area contributed by atoms with Gasteiger partial charge < -0.3 is 9.88 Å². The summed E-state index contributed by atoms with van der Waals surface area (Å²) in [6, 6.07) is 10.1. The summed E-state index contributed by atoms with van der Waals surface area (Å²) in [7, 11) is 2.05. The molecule has 1 atom stereocenters. The first-order chi connectivity index (χ1) is 10.1. The summed E-state index contributed by atoms with van der Waals surface area (Å²) in [6.45, 7) is 2.06. The van der Waals surface area contributed by atoms with Crippen LogP contribution in [0.4, 0.5) is 0 Å². The summed E-state index contributed by atoms with van der Waals surface area (Å²) >= 11 is 0. The van der Waals surface area contributed by atoms with E-state index < -0.39 is 0 Å². The summed E-state index contributed by atoms with van der Waals surface area (Å²) in [5.41, 5.74) is 2.26. The van der Waals surface area contributed by atoms with Crippen LogP contribution in [0.3, 0.4) is 0 Å². The molecule has 2 rings (SSSR count). The maximum Gasteiger partial charge on any atom is 0.220 e. The number of nitrogens with zero attached hydrogens (tertiary/aromatic N) is 2. The van der Waals surface area contributed by atoms with Crippen LogP contribution in [0.2, 0.25) is 0 Å². The molecule has 0 aliphatic heterocycles. The average Bonchev–Trinajstić information content (AvgIpc) is 2.89. The third kappa shape index (κ3) is 5.06. The summed E-state index contributed by atoms with van der Waals surface area (Å²) in [5.74, 6) is 0.0973. The van der Waals surface area contributed by atoms with E-state index in [0.717, 1.165) is 18.5 Å². The maximum absolute atomic E-state index is 11.9. The average molecular weight is 285 g/mol. The molecule has 2 heterocycles. The van der Waals surface area contributed by atoms with Crippen molar-refractivity contribution in [2.24, 2.45) is 7.05 Å². The molecule has 0 spiro atoms. The number of amides is 1. The second-order valence-corrected chi connectivity index (χ2v) is 5.44. The van der Waals surface area contributed by atoms with E-state index in [1.807, 2.05) is 37.5 Å². The van der Waals surface area contributed by atoms with Crippen LogP contribution in [0, 0.1) is 0 Å². The molecule has 21 heavy (non-hydrogen) atoms. The van der Waals surface area contributed by atoms with Crippen molar-refractivity contribution in [1.29, 1.82) is 0 Å². The smallest absolute Gasteiger partial charge is 0.220 e. The summed E-state index contributed by atoms with van der Waals surface area (Å²) in [4.78, 5) is 16.1. The van der Waals surface area contributed by atoms with Crippen LogP contribution in [-0.4, -0.2) is 21.5 Å². The zero-order valence-electron chi connectivity index (χ0n) is 12.7. The number of nitrogens with one attached hydrogen (secondary N) is 1. The first-order valence-electron chi connectivity index (χ1n) is 7.44. The molecule has 4 heteroatoms. The van der Waals surface area contributed by atoms with Crippen molar-refractivity contribution in [3.8, 4) is 0 Å². The van der Waals surface area contributed by atoms with E-state index in [2.05, 4.69) is 27.9 Å². The van der Waals surface area contributed by atoms with Crippen LogP contribution in [0.1, 0.15) is 31.2 Å². The fourth-order valence-corrected chi connectivity index (χ4v) is 2.33. The van der Waals surface area contributed by atoms with Crippen LogP contribution in [0.5, 0.6) is 0 Å². The first kappa shape index (κ1) is 15.3. The Morgan fingerprint density at radius 1 is 1.29 bits per heavy atom. The van der Waals surface area contributed by atoms with Crippen molar-refractivity contribution in [3.63, 3.8) is 0 Å². The van der Waals surface area contributed by atoms with Gasteiger partial charge in [-0.3, -0.25) is 9.78 Å². The zero-order chi connectivity index (χ0) is 15.1. The highest BCUT2D eigenvalue weighted by atomic mass is 16.1. The Hall–Kier alpha value is -2.10. The number of hydrogen-bond acceptors (Lipinski definition) is 2. The van der Waals surface area contributed by atoms with E-state index in [1.165, 1.54) is 5.69 Å². The highest BCUT2D eigenvalue weighted by molar-refractivity contribution is 5.76. The van der Waals surface area contributed by atoms with E-state index in [1.54, 1.807) is 6.20 Å². The van der Waals surface area contributed by atoms with Crippen molar-refractivity contribution >= 4 is 5.91 Å².